The lowest BCUT2D eigenvalue weighted by Crippen LogP contribution is -2.60. The zero-order valence-electron chi connectivity index (χ0n) is 55.8. The van der Waals surface area contributed by atoms with Crippen LogP contribution in [0.3, 0.4) is 0 Å². The number of aliphatic hydroxyl groups is 5. The van der Waals surface area contributed by atoms with Crippen molar-refractivity contribution in [1.29, 1.82) is 0 Å². The lowest BCUT2D eigenvalue weighted by Gasteiger charge is -2.40. The molecule has 502 valence electrons. The SMILES string of the molecule is CC/C=C/CC/C=C/CC/C=C/C(O)C(COC1OC(CO)C(O)C(O)C1O)NC(=O)CCCCCCCCCCCCCCCCCCC/C=C\C/C=C\CCCCCCCCCCCCCCCOC(=O)CCCCCCCCCCCCC. The molecule has 1 heterocycles. The molecular weight excluding hydrogens is 1070 g/mol. The van der Waals surface area contributed by atoms with Crippen LogP contribution in [-0.2, 0) is 23.8 Å². The Morgan fingerprint density at radius 1 is 0.442 bits per heavy atom. The van der Waals surface area contributed by atoms with E-state index in [9.17, 15) is 35.1 Å². The second-order valence-corrected chi connectivity index (χ2v) is 25.2. The van der Waals surface area contributed by atoms with Crippen molar-refractivity contribution in [3.8, 4) is 0 Å². The highest BCUT2D eigenvalue weighted by atomic mass is 16.7. The van der Waals surface area contributed by atoms with Gasteiger partial charge in [0.15, 0.2) is 6.29 Å². The Balaban J connectivity index is 1.91. The molecule has 0 aromatic rings. The van der Waals surface area contributed by atoms with E-state index in [2.05, 4.69) is 67.8 Å². The molecule has 1 rings (SSSR count). The van der Waals surface area contributed by atoms with Gasteiger partial charge >= 0.3 is 5.97 Å². The van der Waals surface area contributed by atoms with Crippen molar-refractivity contribution in [2.24, 2.45) is 0 Å². The van der Waals surface area contributed by atoms with Crippen molar-refractivity contribution in [3.05, 3.63) is 60.8 Å². The quantitative estimate of drug-likeness (QED) is 0.0195. The summed E-state index contributed by atoms with van der Waals surface area (Å²) in [5.74, 6) is -0.184. The van der Waals surface area contributed by atoms with Crippen LogP contribution in [-0.4, -0.2) is 100 Å². The second kappa shape index (κ2) is 63.9. The summed E-state index contributed by atoms with van der Waals surface area (Å²) in [6.07, 6.45) is 75.4. The van der Waals surface area contributed by atoms with Gasteiger partial charge in [0.05, 0.1) is 32.0 Å². The Morgan fingerprint density at radius 3 is 1.27 bits per heavy atom. The minimum Gasteiger partial charge on any atom is -0.466 e. The number of hydrogen-bond acceptors (Lipinski definition) is 10. The molecule has 11 nitrogen and oxygen atoms in total. The van der Waals surface area contributed by atoms with E-state index in [0.29, 0.717) is 19.4 Å². The molecule has 0 spiro atoms. The third kappa shape index (κ3) is 52.2. The molecule has 1 saturated heterocycles. The minimum atomic E-state index is -1.58. The van der Waals surface area contributed by atoms with Gasteiger partial charge in [-0.25, -0.2) is 0 Å². The van der Waals surface area contributed by atoms with Gasteiger partial charge < -0.3 is 45.1 Å². The number of rotatable bonds is 64. The van der Waals surface area contributed by atoms with Gasteiger partial charge in [0.25, 0.3) is 0 Å². The fourth-order valence-corrected chi connectivity index (χ4v) is 11.4. The van der Waals surface area contributed by atoms with E-state index in [-0.39, 0.29) is 18.5 Å². The van der Waals surface area contributed by atoms with E-state index in [0.717, 1.165) is 70.6 Å². The van der Waals surface area contributed by atoms with Crippen LogP contribution in [0.2, 0.25) is 0 Å². The van der Waals surface area contributed by atoms with E-state index >= 15 is 0 Å². The van der Waals surface area contributed by atoms with Crippen molar-refractivity contribution < 1.29 is 49.3 Å². The van der Waals surface area contributed by atoms with Gasteiger partial charge in [0.2, 0.25) is 5.91 Å². The summed E-state index contributed by atoms with van der Waals surface area (Å²) in [7, 11) is 0. The molecule has 7 atom stereocenters. The van der Waals surface area contributed by atoms with Crippen molar-refractivity contribution >= 4 is 11.9 Å². The normalized spacial score (nSPS) is 18.2. The molecule has 86 heavy (non-hydrogen) atoms. The van der Waals surface area contributed by atoms with Crippen LogP contribution in [0, 0.1) is 0 Å². The van der Waals surface area contributed by atoms with Crippen molar-refractivity contribution in [2.75, 3.05) is 19.8 Å². The number of hydrogen-bond donors (Lipinski definition) is 6. The van der Waals surface area contributed by atoms with E-state index in [1.54, 1.807) is 6.08 Å². The summed E-state index contributed by atoms with van der Waals surface area (Å²) in [6.45, 7) is 4.22. The molecule has 1 fully saturated rings. The highest BCUT2D eigenvalue weighted by Crippen LogP contribution is 2.23. The monoisotopic (exact) mass is 1210 g/mol. The topological polar surface area (TPSA) is 175 Å². The molecule has 11 heteroatoms. The van der Waals surface area contributed by atoms with Gasteiger partial charge in [-0.2, -0.15) is 0 Å². The molecule has 0 aliphatic carbocycles. The number of nitrogens with one attached hydrogen (secondary N) is 1. The standard InChI is InChI=1S/C75H137NO10/c1-3-5-7-9-11-13-42-47-51-55-59-63-71(80)84-64-60-56-52-48-44-41-39-37-35-33-31-29-27-25-23-21-19-17-15-16-18-20-22-24-26-28-30-32-34-36-38-40-43-46-50-54-58-62-70(79)76-67(66-85-75-74(83)73(82)72(81)69(65-77)86-75)68(78)61-57-53-49-45-14-12-10-8-6-4-2/h6,8,14-15,17,21,23,45,57,61,67-69,72-75,77-78,81-83H,3-5,7,9-13,16,18-20,22,24-44,46-56,58-60,62-66H2,1-2H3,(H,76,79)/b8-6+,17-15-,23-21-,45-14+,61-57+. The highest BCUT2D eigenvalue weighted by molar-refractivity contribution is 5.76. The second-order valence-electron chi connectivity index (χ2n) is 25.2. The molecule has 0 radical (unpaired) electrons. The fraction of sp³-hybridized carbons (Fsp3) is 0.840. The lowest BCUT2D eigenvalue weighted by atomic mass is 9.99. The lowest BCUT2D eigenvalue weighted by molar-refractivity contribution is -0.302. The predicted octanol–water partition coefficient (Wildman–Crippen LogP) is 18.9. The van der Waals surface area contributed by atoms with E-state index < -0.39 is 49.5 Å². The number of carbonyl (C=O) groups excluding carboxylic acids is 2. The Kier molecular flexibility index (Phi) is 60.5. The molecule has 1 aliphatic rings. The molecular formula is C75H137NO10. The zero-order valence-corrected chi connectivity index (χ0v) is 55.8. The first-order valence-electron chi connectivity index (χ1n) is 36.6. The van der Waals surface area contributed by atoms with Gasteiger partial charge in [0, 0.05) is 12.8 Å². The number of allylic oxidation sites excluding steroid dienone is 9. The number of ether oxygens (including phenoxy) is 3. The van der Waals surface area contributed by atoms with Crippen LogP contribution < -0.4 is 5.32 Å². The molecule has 0 aromatic heterocycles. The summed E-state index contributed by atoms with van der Waals surface area (Å²) in [4.78, 5) is 25.0. The molecule has 0 bridgehead atoms. The van der Waals surface area contributed by atoms with Crippen LogP contribution in [0.15, 0.2) is 60.8 Å². The minimum absolute atomic E-state index is 0.0119. The summed E-state index contributed by atoms with van der Waals surface area (Å²) in [5.41, 5.74) is 0. The third-order valence-electron chi connectivity index (χ3n) is 17.1. The van der Waals surface area contributed by atoms with Crippen LogP contribution in [0.5, 0.6) is 0 Å². The number of carbonyl (C=O) groups is 2. The summed E-state index contributed by atoms with van der Waals surface area (Å²) in [5, 5.41) is 54.3. The maximum Gasteiger partial charge on any atom is 0.305 e. The smallest absolute Gasteiger partial charge is 0.305 e. The molecule has 0 saturated carbocycles. The first kappa shape index (κ1) is 81.4. The van der Waals surface area contributed by atoms with Gasteiger partial charge in [-0.3, -0.25) is 9.59 Å². The summed E-state index contributed by atoms with van der Waals surface area (Å²) in [6, 6.07) is -0.832. The first-order chi connectivity index (χ1) is 42.2. The Bertz CT molecular complexity index is 1610. The van der Waals surface area contributed by atoms with Gasteiger partial charge in [-0.15, -0.1) is 0 Å². The van der Waals surface area contributed by atoms with Crippen molar-refractivity contribution in [3.63, 3.8) is 0 Å². The number of unbranched alkanes of at least 4 members (excludes halogenated alkanes) is 42. The number of amides is 1. The fourth-order valence-electron chi connectivity index (χ4n) is 11.4. The van der Waals surface area contributed by atoms with Gasteiger partial charge in [-0.05, 0) is 83.5 Å². The molecule has 7 unspecified atom stereocenters. The highest BCUT2D eigenvalue weighted by Gasteiger charge is 2.44. The summed E-state index contributed by atoms with van der Waals surface area (Å²) >= 11 is 0. The maximum absolute atomic E-state index is 13.0. The van der Waals surface area contributed by atoms with E-state index in [4.69, 9.17) is 14.2 Å². The Morgan fingerprint density at radius 2 is 0.826 bits per heavy atom. The van der Waals surface area contributed by atoms with Crippen LogP contribution in [0.25, 0.3) is 0 Å². The van der Waals surface area contributed by atoms with Crippen LogP contribution >= 0.6 is 0 Å². The zero-order chi connectivity index (χ0) is 62.3. The van der Waals surface area contributed by atoms with Gasteiger partial charge in [0.1, 0.15) is 24.4 Å². The Hall–Kier alpha value is -2.64. The van der Waals surface area contributed by atoms with E-state index in [1.807, 2.05) is 6.08 Å². The largest absolute Gasteiger partial charge is 0.466 e. The van der Waals surface area contributed by atoms with Crippen molar-refractivity contribution in [2.45, 2.75) is 384 Å². The van der Waals surface area contributed by atoms with Crippen LogP contribution in [0.4, 0.5) is 0 Å². The van der Waals surface area contributed by atoms with Crippen molar-refractivity contribution in [1.82, 2.24) is 5.32 Å². The predicted molar refractivity (Wildman–Crippen MR) is 361 cm³/mol. The third-order valence-corrected chi connectivity index (χ3v) is 17.1. The van der Waals surface area contributed by atoms with E-state index in [1.165, 1.54) is 244 Å². The average Bonchev–Trinajstić information content (AvgIpc) is 3.72. The van der Waals surface area contributed by atoms with Crippen LogP contribution in [0.1, 0.15) is 341 Å². The Labute approximate surface area is 528 Å². The molecule has 1 amide bonds. The summed E-state index contributed by atoms with van der Waals surface area (Å²) < 4.78 is 16.7. The van der Waals surface area contributed by atoms with Gasteiger partial charge in [-0.1, -0.05) is 306 Å². The first-order valence-corrected chi connectivity index (χ1v) is 36.6. The molecule has 6 N–H and O–H groups in total. The number of esters is 1. The molecule has 1 aliphatic heterocycles. The average molecular weight is 1210 g/mol. The maximum atomic E-state index is 13.0. The molecule has 0 aromatic carbocycles. The number of aliphatic hydroxyl groups excluding tert-OH is 5.